The van der Waals surface area contributed by atoms with E-state index in [1.807, 2.05) is 24.3 Å². The molecule has 1 aromatic carbocycles. The standard InChI is InChI=1S/C14H15N3O/c1-2-10-3-5-11(6-4-10)18-13-9-17-8-7-12(13)14(15)16/h3-9H,2H2,1H3,(H3,15,16). The average Bonchev–Trinajstić information content (AvgIpc) is 2.40. The number of pyridine rings is 1. The van der Waals surface area contributed by atoms with Crippen molar-refractivity contribution in [2.75, 3.05) is 0 Å². The fraction of sp³-hybridized carbons (Fsp3) is 0.143. The fourth-order valence-electron chi connectivity index (χ4n) is 1.60. The molecule has 0 spiro atoms. The molecule has 4 heteroatoms. The highest BCUT2D eigenvalue weighted by Gasteiger charge is 2.07. The van der Waals surface area contributed by atoms with E-state index in [-0.39, 0.29) is 5.84 Å². The number of nitrogen functional groups attached to an aromatic ring is 1. The van der Waals surface area contributed by atoms with E-state index in [2.05, 4.69) is 11.9 Å². The number of hydrogen-bond donors (Lipinski definition) is 2. The van der Waals surface area contributed by atoms with Crippen LogP contribution < -0.4 is 10.5 Å². The van der Waals surface area contributed by atoms with E-state index >= 15 is 0 Å². The van der Waals surface area contributed by atoms with E-state index in [0.717, 1.165) is 6.42 Å². The Morgan fingerprint density at radius 1 is 1.28 bits per heavy atom. The Morgan fingerprint density at radius 2 is 2.00 bits per heavy atom. The molecule has 18 heavy (non-hydrogen) atoms. The first-order valence-corrected chi connectivity index (χ1v) is 5.76. The summed E-state index contributed by atoms with van der Waals surface area (Å²) in [6, 6.07) is 9.49. The highest BCUT2D eigenvalue weighted by atomic mass is 16.5. The second-order valence-corrected chi connectivity index (χ2v) is 3.89. The van der Waals surface area contributed by atoms with E-state index < -0.39 is 0 Å². The second-order valence-electron chi connectivity index (χ2n) is 3.89. The van der Waals surface area contributed by atoms with Crippen molar-refractivity contribution in [3.63, 3.8) is 0 Å². The maximum Gasteiger partial charge on any atom is 0.156 e. The summed E-state index contributed by atoms with van der Waals surface area (Å²) < 4.78 is 5.69. The first-order chi connectivity index (χ1) is 8.70. The van der Waals surface area contributed by atoms with Gasteiger partial charge < -0.3 is 10.5 Å². The highest BCUT2D eigenvalue weighted by Crippen LogP contribution is 2.24. The molecule has 2 rings (SSSR count). The van der Waals surface area contributed by atoms with E-state index in [1.165, 1.54) is 5.56 Å². The summed E-state index contributed by atoms with van der Waals surface area (Å²) in [5.74, 6) is 1.18. The van der Waals surface area contributed by atoms with Crippen molar-refractivity contribution < 1.29 is 4.74 Å². The molecule has 0 amide bonds. The number of nitrogens with zero attached hydrogens (tertiary/aromatic N) is 1. The van der Waals surface area contributed by atoms with Crippen molar-refractivity contribution in [3.05, 3.63) is 53.9 Å². The minimum atomic E-state index is -0.0300. The Bertz CT molecular complexity index is 549. The lowest BCUT2D eigenvalue weighted by Crippen LogP contribution is -2.12. The Balaban J connectivity index is 2.25. The third-order valence-corrected chi connectivity index (χ3v) is 2.63. The monoisotopic (exact) mass is 241 g/mol. The van der Waals surface area contributed by atoms with E-state index in [4.69, 9.17) is 15.9 Å². The molecule has 4 nitrogen and oxygen atoms in total. The smallest absolute Gasteiger partial charge is 0.156 e. The van der Waals surface area contributed by atoms with Gasteiger partial charge in [0.25, 0.3) is 0 Å². The summed E-state index contributed by atoms with van der Waals surface area (Å²) >= 11 is 0. The number of benzene rings is 1. The van der Waals surface area contributed by atoms with Crippen molar-refractivity contribution in [1.82, 2.24) is 4.98 Å². The number of ether oxygens (including phenoxy) is 1. The predicted octanol–water partition coefficient (Wildman–Crippen LogP) is 2.72. The van der Waals surface area contributed by atoms with Crippen molar-refractivity contribution in [2.45, 2.75) is 13.3 Å². The number of aromatic nitrogens is 1. The summed E-state index contributed by atoms with van der Waals surface area (Å²) in [6.45, 7) is 2.10. The van der Waals surface area contributed by atoms with Crippen LogP contribution in [0.2, 0.25) is 0 Å². The summed E-state index contributed by atoms with van der Waals surface area (Å²) in [6.07, 6.45) is 4.14. The third kappa shape index (κ3) is 2.66. The van der Waals surface area contributed by atoms with Crippen LogP contribution in [0, 0.1) is 5.41 Å². The van der Waals surface area contributed by atoms with Crippen LogP contribution >= 0.6 is 0 Å². The van der Waals surface area contributed by atoms with Gasteiger partial charge in [-0.2, -0.15) is 0 Å². The van der Waals surface area contributed by atoms with Crippen molar-refractivity contribution in [2.24, 2.45) is 5.73 Å². The molecule has 0 radical (unpaired) electrons. The van der Waals surface area contributed by atoms with Gasteiger partial charge in [0, 0.05) is 6.20 Å². The van der Waals surface area contributed by atoms with Gasteiger partial charge >= 0.3 is 0 Å². The molecular weight excluding hydrogens is 226 g/mol. The molecule has 0 bridgehead atoms. The number of aryl methyl sites for hydroxylation is 1. The molecule has 0 aliphatic heterocycles. The first kappa shape index (κ1) is 12.1. The summed E-state index contributed by atoms with van der Waals surface area (Å²) in [5, 5.41) is 7.48. The molecule has 0 saturated carbocycles. The number of rotatable bonds is 4. The topological polar surface area (TPSA) is 72.0 Å². The number of nitrogens with two attached hydrogens (primary N) is 1. The largest absolute Gasteiger partial charge is 0.455 e. The molecule has 2 aromatic rings. The number of amidine groups is 1. The van der Waals surface area contributed by atoms with Crippen LogP contribution in [0.15, 0.2) is 42.7 Å². The van der Waals surface area contributed by atoms with Crippen molar-refractivity contribution in [3.8, 4) is 11.5 Å². The molecule has 3 N–H and O–H groups in total. The lowest BCUT2D eigenvalue weighted by molar-refractivity contribution is 0.479. The molecule has 1 aromatic heterocycles. The van der Waals surface area contributed by atoms with Gasteiger partial charge in [-0.3, -0.25) is 10.4 Å². The van der Waals surface area contributed by atoms with Gasteiger partial charge in [-0.1, -0.05) is 19.1 Å². The zero-order valence-corrected chi connectivity index (χ0v) is 10.2. The average molecular weight is 241 g/mol. The summed E-state index contributed by atoms with van der Waals surface area (Å²) in [5.41, 5.74) is 7.29. The molecular formula is C14H15N3O. The second kappa shape index (κ2) is 5.31. The van der Waals surface area contributed by atoms with Gasteiger partial charge in [0.15, 0.2) is 5.75 Å². The van der Waals surface area contributed by atoms with E-state index in [0.29, 0.717) is 17.1 Å². The van der Waals surface area contributed by atoms with Gasteiger partial charge in [-0.25, -0.2) is 0 Å². The number of nitrogens with one attached hydrogen (secondary N) is 1. The Kier molecular flexibility index (Phi) is 3.57. The van der Waals surface area contributed by atoms with E-state index in [1.54, 1.807) is 18.5 Å². The maximum absolute atomic E-state index is 7.48. The Morgan fingerprint density at radius 3 is 2.61 bits per heavy atom. The van der Waals surface area contributed by atoms with Crippen LogP contribution in [0.3, 0.4) is 0 Å². The lowest BCUT2D eigenvalue weighted by Gasteiger charge is -2.09. The molecule has 0 saturated heterocycles. The minimum absolute atomic E-state index is 0.0300. The summed E-state index contributed by atoms with van der Waals surface area (Å²) in [7, 11) is 0. The lowest BCUT2D eigenvalue weighted by atomic mass is 10.2. The van der Waals surface area contributed by atoms with Gasteiger partial charge in [0.05, 0.1) is 11.8 Å². The quantitative estimate of drug-likeness (QED) is 0.638. The Labute approximate surface area is 106 Å². The van der Waals surface area contributed by atoms with Crippen LogP contribution in [-0.2, 0) is 6.42 Å². The third-order valence-electron chi connectivity index (χ3n) is 2.63. The molecule has 0 aliphatic rings. The van der Waals surface area contributed by atoms with Gasteiger partial charge in [0.2, 0.25) is 0 Å². The highest BCUT2D eigenvalue weighted by molar-refractivity contribution is 5.97. The van der Waals surface area contributed by atoms with E-state index in [9.17, 15) is 0 Å². The van der Waals surface area contributed by atoms with Crippen LogP contribution in [0.1, 0.15) is 18.1 Å². The SMILES string of the molecule is CCc1ccc(Oc2cnccc2C(=N)N)cc1. The number of hydrogen-bond acceptors (Lipinski definition) is 3. The minimum Gasteiger partial charge on any atom is -0.455 e. The maximum atomic E-state index is 7.48. The van der Waals surface area contributed by atoms with Crippen molar-refractivity contribution in [1.29, 1.82) is 5.41 Å². The zero-order chi connectivity index (χ0) is 13.0. The first-order valence-electron chi connectivity index (χ1n) is 5.76. The van der Waals surface area contributed by atoms with Crippen LogP contribution in [0.25, 0.3) is 0 Å². The van der Waals surface area contributed by atoms with Gasteiger partial charge in [-0.05, 0) is 30.2 Å². The van der Waals surface area contributed by atoms with Crippen molar-refractivity contribution >= 4 is 5.84 Å². The van der Waals surface area contributed by atoms with Crippen LogP contribution in [0.4, 0.5) is 0 Å². The summed E-state index contributed by atoms with van der Waals surface area (Å²) in [4.78, 5) is 3.98. The molecule has 0 fully saturated rings. The molecule has 0 atom stereocenters. The fourth-order valence-corrected chi connectivity index (χ4v) is 1.60. The molecule has 1 heterocycles. The molecule has 0 unspecified atom stereocenters. The Hall–Kier alpha value is -2.36. The van der Waals surface area contributed by atoms with Crippen LogP contribution in [0.5, 0.6) is 11.5 Å². The van der Waals surface area contributed by atoms with Gasteiger partial charge in [0.1, 0.15) is 11.6 Å². The van der Waals surface area contributed by atoms with Crippen LogP contribution in [-0.4, -0.2) is 10.8 Å². The normalized spacial score (nSPS) is 10.1. The van der Waals surface area contributed by atoms with Gasteiger partial charge in [-0.15, -0.1) is 0 Å². The zero-order valence-electron chi connectivity index (χ0n) is 10.2. The predicted molar refractivity (Wildman–Crippen MR) is 71.1 cm³/mol. The molecule has 0 aliphatic carbocycles. The molecule has 92 valence electrons.